The van der Waals surface area contributed by atoms with Crippen molar-refractivity contribution in [1.29, 1.82) is 0 Å². The highest BCUT2D eigenvalue weighted by Gasteiger charge is 2.09. The number of hydrogen-bond donors (Lipinski definition) is 1. The van der Waals surface area contributed by atoms with Crippen LogP contribution in [0, 0.1) is 0 Å². The van der Waals surface area contributed by atoms with E-state index in [1.807, 2.05) is 7.05 Å². The van der Waals surface area contributed by atoms with E-state index in [1.54, 1.807) is 18.0 Å². The number of ether oxygens (including phenoxy) is 1. The lowest BCUT2D eigenvalue weighted by Gasteiger charge is -2.09. The monoisotopic (exact) mass is 170 g/mol. The van der Waals surface area contributed by atoms with Crippen molar-refractivity contribution in [3.05, 3.63) is 11.9 Å². The largest absolute Gasteiger partial charge is 0.385 e. The lowest BCUT2D eigenvalue weighted by molar-refractivity contribution is 0.187. The van der Waals surface area contributed by atoms with Crippen molar-refractivity contribution >= 4 is 0 Å². The lowest BCUT2D eigenvalue weighted by atomic mass is 10.2. The van der Waals surface area contributed by atoms with Crippen molar-refractivity contribution < 1.29 is 4.74 Å². The van der Waals surface area contributed by atoms with Crippen LogP contribution in [-0.4, -0.2) is 28.7 Å². The van der Waals surface area contributed by atoms with Crippen molar-refractivity contribution in [3.63, 3.8) is 0 Å². The Labute approximate surface area is 71.5 Å². The highest BCUT2D eigenvalue weighted by molar-refractivity contribution is 5.00. The summed E-state index contributed by atoms with van der Waals surface area (Å²) in [6.45, 7) is 0.659. The Morgan fingerprint density at radius 2 is 2.50 bits per heavy atom. The number of aryl methyl sites for hydroxylation is 1. The molecule has 5 nitrogen and oxygen atoms in total. The second kappa shape index (κ2) is 4.18. The van der Waals surface area contributed by atoms with E-state index in [2.05, 4.69) is 10.3 Å². The molecule has 0 aliphatic heterocycles. The van der Waals surface area contributed by atoms with Crippen LogP contribution in [0.25, 0.3) is 0 Å². The van der Waals surface area contributed by atoms with Crippen LogP contribution in [-0.2, 0) is 11.8 Å². The first-order valence-electron chi connectivity index (χ1n) is 3.84. The average Bonchev–Trinajstić information content (AvgIpc) is 2.47. The molecule has 0 bridgehead atoms. The van der Waals surface area contributed by atoms with Gasteiger partial charge in [0.05, 0.1) is 17.9 Å². The van der Waals surface area contributed by atoms with Gasteiger partial charge < -0.3 is 10.5 Å². The Kier molecular flexibility index (Phi) is 3.19. The maximum absolute atomic E-state index is 5.85. The first-order valence-corrected chi connectivity index (χ1v) is 3.84. The Morgan fingerprint density at radius 1 is 1.75 bits per heavy atom. The van der Waals surface area contributed by atoms with Crippen molar-refractivity contribution in [2.45, 2.75) is 12.5 Å². The Bertz CT molecular complexity index is 235. The lowest BCUT2D eigenvalue weighted by Crippen LogP contribution is -2.16. The maximum Gasteiger partial charge on any atom is 0.0751 e. The van der Waals surface area contributed by atoms with Gasteiger partial charge in [-0.2, -0.15) is 0 Å². The first kappa shape index (κ1) is 9.15. The van der Waals surface area contributed by atoms with Crippen LogP contribution in [0.4, 0.5) is 0 Å². The van der Waals surface area contributed by atoms with E-state index >= 15 is 0 Å². The first-order chi connectivity index (χ1) is 5.75. The van der Waals surface area contributed by atoms with Crippen LogP contribution in [0.3, 0.4) is 0 Å². The van der Waals surface area contributed by atoms with Gasteiger partial charge in [0.1, 0.15) is 0 Å². The fraction of sp³-hybridized carbons (Fsp3) is 0.714. The molecule has 0 fully saturated rings. The predicted octanol–water partition coefficient (Wildman–Crippen LogP) is -0.149. The van der Waals surface area contributed by atoms with Crippen molar-refractivity contribution in [2.24, 2.45) is 12.8 Å². The molecule has 0 saturated carbocycles. The summed E-state index contributed by atoms with van der Waals surface area (Å²) in [4.78, 5) is 0. The van der Waals surface area contributed by atoms with E-state index in [4.69, 9.17) is 10.5 Å². The molecule has 0 radical (unpaired) electrons. The molecule has 0 aliphatic carbocycles. The van der Waals surface area contributed by atoms with Crippen LogP contribution in [0.5, 0.6) is 0 Å². The van der Waals surface area contributed by atoms with E-state index in [9.17, 15) is 0 Å². The van der Waals surface area contributed by atoms with Gasteiger partial charge in [-0.05, 0) is 6.42 Å². The third-order valence-corrected chi connectivity index (χ3v) is 1.76. The Balaban J connectivity index is 2.52. The molecule has 0 aliphatic rings. The van der Waals surface area contributed by atoms with Crippen LogP contribution < -0.4 is 5.73 Å². The third kappa shape index (κ3) is 2.02. The molecule has 1 aromatic heterocycles. The molecular weight excluding hydrogens is 156 g/mol. The fourth-order valence-corrected chi connectivity index (χ4v) is 1.03. The summed E-state index contributed by atoms with van der Waals surface area (Å²) in [7, 11) is 3.49. The van der Waals surface area contributed by atoms with Gasteiger partial charge in [-0.25, -0.2) is 0 Å². The summed E-state index contributed by atoms with van der Waals surface area (Å²) in [5, 5.41) is 7.53. The number of nitrogens with two attached hydrogens (primary N) is 1. The summed E-state index contributed by atoms with van der Waals surface area (Å²) in [6, 6.07) is -0.0371. The third-order valence-electron chi connectivity index (χ3n) is 1.76. The molecule has 0 aromatic carbocycles. The quantitative estimate of drug-likeness (QED) is 0.682. The van der Waals surface area contributed by atoms with Crippen LogP contribution in [0.2, 0.25) is 0 Å². The van der Waals surface area contributed by atoms with Gasteiger partial charge in [-0.3, -0.25) is 4.68 Å². The summed E-state index contributed by atoms with van der Waals surface area (Å²) in [6.07, 6.45) is 2.47. The molecular formula is C7H14N4O. The van der Waals surface area contributed by atoms with Crippen molar-refractivity contribution in [1.82, 2.24) is 15.0 Å². The van der Waals surface area contributed by atoms with Gasteiger partial charge in [0.15, 0.2) is 0 Å². The number of methoxy groups -OCH3 is 1. The summed E-state index contributed by atoms with van der Waals surface area (Å²) >= 11 is 0. The number of nitrogens with zero attached hydrogens (tertiary/aromatic N) is 3. The second-order valence-corrected chi connectivity index (χ2v) is 2.67. The summed E-state index contributed by atoms with van der Waals surface area (Å²) in [5.74, 6) is 0. The number of hydrogen-bond acceptors (Lipinski definition) is 4. The molecule has 2 N–H and O–H groups in total. The van der Waals surface area contributed by atoms with E-state index in [0.29, 0.717) is 6.61 Å². The fourth-order valence-electron chi connectivity index (χ4n) is 1.03. The van der Waals surface area contributed by atoms with Gasteiger partial charge in [0.2, 0.25) is 0 Å². The zero-order chi connectivity index (χ0) is 8.97. The van der Waals surface area contributed by atoms with Gasteiger partial charge in [-0.1, -0.05) is 5.21 Å². The summed E-state index contributed by atoms with van der Waals surface area (Å²) in [5.41, 5.74) is 6.78. The Morgan fingerprint density at radius 3 is 3.00 bits per heavy atom. The van der Waals surface area contributed by atoms with Gasteiger partial charge >= 0.3 is 0 Å². The highest BCUT2D eigenvalue weighted by atomic mass is 16.5. The van der Waals surface area contributed by atoms with Crippen molar-refractivity contribution in [3.8, 4) is 0 Å². The van der Waals surface area contributed by atoms with E-state index in [1.165, 1.54) is 0 Å². The summed E-state index contributed by atoms with van der Waals surface area (Å²) < 4.78 is 6.60. The SMILES string of the molecule is COCCC(N)c1cnnn1C. The van der Waals surface area contributed by atoms with Crippen LogP contribution >= 0.6 is 0 Å². The maximum atomic E-state index is 5.85. The normalized spacial score (nSPS) is 13.2. The minimum Gasteiger partial charge on any atom is -0.385 e. The molecule has 1 rings (SSSR count). The van der Waals surface area contributed by atoms with Crippen LogP contribution in [0.15, 0.2) is 6.20 Å². The molecule has 1 unspecified atom stereocenters. The standard InChI is InChI=1S/C7H14N4O/c1-11-7(5-9-10-11)6(8)3-4-12-2/h5-6H,3-4,8H2,1-2H3. The van der Waals surface area contributed by atoms with Gasteiger partial charge in [-0.15, -0.1) is 5.10 Å². The zero-order valence-corrected chi connectivity index (χ0v) is 7.40. The zero-order valence-electron chi connectivity index (χ0n) is 7.40. The smallest absolute Gasteiger partial charge is 0.0751 e. The van der Waals surface area contributed by atoms with E-state index < -0.39 is 0 Å². The highest BCUT2D eigenvalue weighted by Crippen LogP contribution is 2.10. The molecule has 5 heteroatoms. The average molecular weight is 170 g/mol. The molecule has 0 spiro atoms. The topological polar surface area (TPSA) is 66.0 Å². The molecule has 0 amide bonds. The molecule has 1 atom stereocenters. The predicted molar refractivity (Wildman–Crippen MR) is 44.4 cm³/mol. The van der Waals surface area contributed by atoms with E-state index in [0.717, 1.165) is 12.1 Å². The second-order valence-electron chi connectivity index (χ2n) is 2.67. The molecule has 1 aromatic rings. The molecule has 68 valence electrons. The minimum atomic E-state index is -0.0371. The van der Waals surface area contributed by atoms with Crippen LogP contribution in [0.1, 0.15) is 18.2 Å². The van der Waals surface area contributed by atoms with Gasteiger partial charge in [0.25, 0.3) is 0 Å². The van der Waals surface area contributed by atoms with E-state index in [-0.39, 0.29) is 6.04 Å². The van der Waals surface area contributed by atoms with Crippen molar-refractivity contribution in [2.75, 3.05) is 13.7 Å². The number of rotatable bonds is 4. The molecule has 0 saturated heterocycles. The molecule has 12 heavy (non-hydrogen) atoms. The number of aromatic nitrogens is 3. The minimum absolute atomic E-state index is 0.0371. The Hall–Kier alpha value is -0.940. The molecule has 1 heterocycles. The van der Waals surface area contributed by atoms with Gasteiger partial charge in [0, 0.05) is 20.8 Å².